The largest absolute Gasteiger partial charge is 0.378 e. The van der Waals surface area contributed by atoms with E-state index in [1.54, 1.807) is 7.05 Å². The van der Waals surface area contributed by atoms with Gasteiger partial charge in [-0.2, -0.15) is 0 Å². The van der Waals surface area contributed by atoms with Gasteiger partial charge in [0.25, 0.3) is 0 Å². The Bertz CT molecular complexity index is 254. The Morgan fingerprint density at radius 1 is 1.47 bits per heavy atom. The van der Waals surface area contributed by atoms with Crippen LogP contribution in [0.15, 0.2) is 0 Å². The van der Waals surface area contributed by atoms with E-state index in [1.165, 1.54) is 0 Å². The average molecular weight is 242 g/mol. The van der Waals surface area contributed by atoms with Gasteiger partial charge in [-0.1, -0.05) is 27.2 Å². The number of likely N-dealkylation sites (N-methyl/N-ethyl adjacent to an activating group) is 1. The van der Waals surface area contributed by atoms with Crippen LogP contribution in [0.1, 0.15) is 40.0 Å². The van der Waals surface area contributed by atoms with Crippen LogP contribution in [-0.2, 0) is 9.53 Å². The van der Waals surface area contributed by atoms with Gasteiger partial charge in [0.1, 0.15) is 0 Å². The quantitative estimate of drug-likeness (QED) is 0.662. The van der Waals surface area contributed by atoms with Crippen molar-refractivity contribution in [3.8, 4) is 0 Å². The van der Waals surface area contributed by atoms with E-state index in [4.69, 9.17) is 4.74 Å². The van der Waals surface area contributed by atoms with Crippen LogP contribution in [0.2, 0.25) is 0 Å². The van der Waals surface area contributed by atoms with Crippen molar-refractivity contribution < 1.29 is 9.53 Å². The highest BCUT2D eigenvalue weighted by Crippen LogP contribution is 2.42. The fourth-order valence-electron chi connectivity index (χ4n) is 2.19. The van der Waals surface area contributed by atoms with E-state index in [0.29, 0.717) is 6.54 Å². The lowest BCUT2D eigenvalue weighted by atomic mass is 9.64. The van der Waals surface area contributed by atoms with Gasteiger partial charge >= 0.3 is 0 Å². The van der Waals surface area contributed by atoms with Crippen molar-refractivity contribution in [1.29, 1.82) is 0 Å². The number of hydrogen-bond donors (Lipinski definition) is 2. The number of rotatable bonds is 7. The first kappa shape index (κ1) is 14.5. The molecule has 0 aromatic rings. The van der Waals surface area contributed by atoms with Crippen LogP contribution in [0.4, 0.5) is 0 Å². The standard InChI is InChI=1S/C13H26N2O2/c1-5-6-7-17-11-8-10(13(11,2)3)15-12(16)9-14-4/h10-11,14H,5-9H2,1-4H3,(H,15,16). The highest BCUT2D eigenvalue weighted by Gasteiger charge is 2.49. The Morgan fingerprint density at radius 2 is 2.18 bits per heavy atom. The van der Waals surface area contributed by atoms with E-state index < -0.39 is 0 Å². The number of carbonyl (C=O) groups excluding carboxylic acids is 1. The van der Waals surface area contributed by atoms with Gasteiger partial charge in [0.15, 0.2) is 0 Å². The summed E-state index contributed by atoms with van der Waals surface area (Å²) in [6.45, 7) is 7.71. The predicted octanol–water partition coefficient (Wildman–Crippen LogP) is 1.31. The summed E-state index contributed by atoms with van der Waals surface area (Å²) < 4.78 is 5.84. The molecule has 0 radical (unpaired) electrons. The van der Waals surface area contributed by atoms with Crippen LogP contribution in [0.3, 0.4) is 0 Å². The molecule has 2 atom stereocenters. The summed E-state index contributed by atoms with van der Waals surface area (Å²) in [5, 5.41) is 5.90. The van der Waals surface area contributed by atoms with Crippen molar-refractivity contribution in [3.63, 3.8) is 0 Å². The molecule has 4 heteroatoms. The van der Waals surface area contributed by atoms with E-state index in [2.05, 4.69) is 31.4 Å². The minimum atomic E-state index is 0.0527. The Kier molecular flexibility index (Phi) is 5.40. The molecule has 0 bridgehead atoms. The van der Waals surface area contributed by atoms with E-state index >= 15 is 0 Å². The van der Waals surface area contributed by atoms with Gasteiger partial charge in [0.05, 0.1) is 12.6 Å². The number of unbranched alkanes of at least 4 members (excludes halogenated alkanes) is 1. The maximum Gasteiger partial charge on any atom is 0.234 e. The Morgan fingerprint density at radius 3 is 2.71 bits per heavy atom. The first-order chi connectivity index (χ1) is 8.02. The molecule has 1 amide bonds. The molecule has 1 rings (SSSR count). The molecule has 1 fully saturated rings. The summed E-state index contributed by atoms with van der Waals surface area (Å²) in [6.07, 6.45) is 3.50. The summed E-state index contributed by atoms with van der Waals surface area (Å²) >= 11 is 0. The molecule has 17 heavy (non-hydrogen) atoms. The number of hydrogen-bond acceptors (Lipinski definition) is 3. The summed E-state index contributed by atoms with van der Waals surface area (Å²) in [5.41, 5.74) is 0.0527. The monoisotopic (exact) mass is 242 g/mol. The predicted molar refractivity (Wildman–Crippen MR) is 68.9 cm³/mol. The lowest BCUT2D eigenvalue weighted by Crippen LogP contribution is -2.62. The smallest absolute Gasteiger partial charge is 0.234 e. The van der Waals surface area contributed by atoms with Crippen LogP contribution in [0, 0.1) is 5.41 Å². The third-order valence-electron chi connectivity index (χ3n) is 3.67. The molecule has 2 N–H and O–H groups in total. The zero-order chi connectivity index (χ0) is 12.9. The second-order valence-corrected chi connectivity index (χ2v) is 5.42. The van der Waals surface area contributed by atoms with Crippen molar-refractivity contribution in [2.45, 2.75) is 52.2 Å². The van der Waals surface area contributed by atoms with Gasteiger partial charge in [0.2, 0.25) is 5.91 Å². The Balaban J connectivity index is 2.30. The zero-order valence-electron chi connectivity index (χ0n) is 11.5. The zero-order valence-corrected chi connectivity index (χ0v) is 11.5. The molecule has 4 nitrogen and oxygen atoms in total. The minimum Gasteiger partial charge on any atom is -0.378 e. The molecule has 100 valence electrons. The van der Waals surface area contributed by atoms with Crippen LogP contribution < -0.4 is 10.6 Å². The van der Waals surface area contributed by atoms with Gasteiger partial charge in [-0.3, -0.25) is 4.79 Å². The lowest BCUT2D eigenvalue weighted by molar-refractivity contribution is -0.137. The van der Waals surface area contributed by atoms with Crippen molar-refractivity contribution in [3.05, 3.63) is 0 Å². The summed E-state index contributed by atoms with van der Waals surface area (Å²) in [6, 6.07) is 0.245. The summed E-state index contributed by atoms with van der Waals surface area (Å²) in [7, 11) is 1.78. The van der Waals surface area contributed by atoms with E-state index in [0.717, 1.165) is 25.9 Å². The van der Waals surface area contributed by atoms with E-state index in [1.807, 2.05) is 0 Å². The number of ether oxygens (including phenoxy) is 1. The first-order valence-corrected chi connectivity index (χ1v) is 6.58. The normalized spacial score (nSPS) is 26.4. The first-order valence-electron chi connectivity index (χ1n) is 6.58. The Labute approximate surface area is 104 Å². The molecule has 0 aliphatic heterocycles. The molecule has 0 aromatic carbocycles. The average Bonchev–Trinajstić information content (AvgIpc) is 2.27. The minimum absolute atomic E-state index is 0.0527. The van der Waals surface area contributed by atoms with Crippen LogP contribution in [0.5, 0.6) is 0 Å². The molecular weight excluding hydrogens is 216 g/mol. The third kappa shape index (κ3) is 3.68. The Hall–Kier alpha value is -0.610. The molecular formula is C13H26N2O2. The topological polar surface area (TPSA) is 50.4 Å². The fourth-order valence-corrected chi connectivity index (χ4v) is 2.19. The van der Waals surface area contributed by atoms with Crippen molar-refractivity contribution in [1.82, 2.24) is 10.6 Å². The second kappa shape index (κ2) is 6.36. The number of carbonyl (C=O) groups is 1. The van der Waals surface area contributed by atoms with Crippen molar-refractivity contribution in [2.75, 3.05) is 20.2 Å². The van der Waals surface area contributed by atoms with Crippen LogP contribution >= 0.6 is 0 Å². The molecule has 1 aliphatic carbocycles. The molecule has 2 unspecified atom stereocenters. The van der Waals surface area contributed by atoms with Gasteiger partial charge in [-0.05, 0) is 19.9 Å². The highest BCUT2D eigenvalue weighted by molar-refractivity contribution is 5.78. The van der Waals surface area contributed by atoms with Crippen LogP contribution in [0.25, 0.3) is 0 Å². The summed E-state index contributed by atoms with van der Waals surface area (Å²) in [5.74, 6) is 0.0672. The number of amides is 1. The van der Waals surface area contributed by atoms with E-state index in [9.17, 15) is 4.79 Å². The van der Waals surface area contributed by atoms with Crippen LogP contribution in [-0.4, -0.2) is 38.3 Å². The molecule has 1 saturated carbocycles. The summed E-state index contributed by atoms with van der Waals surface area (Å²) in [4.78, 5) is 11.5. The van der Waals surface area contributed by atoms with Gasteiger partial charge in [0, 0.05) is 18.1 Å². The van der Waals surface area contributed by atoms with Crippen molar-refractivity contribution >= 4 is 5.91 Å². The van der Waals surface area contributed by atoms with E-state index in [-0.39, 0.29) is 23.5 Å². The molecule has 1 aliphatic rings. The second-order valence-electron chi connectivity index (χ2n) is 5.42. The fraction of sp³-hybridized carbons (Fsp3) is 0.923. The van der Waals surface area contributed by atoms with Crippen molar-refractivity contribution in [2.24, 2.45) is 5.41 Å². The molecule has 0 saturated heterocycles. The lowest BCUT2D eigenvalue weighted by Gasteiger charge is -2.51. The maximum atomic E-state index is 11.5. The molecule has 0 aromatic heterocycles. The maximum absolute atomic E-state index is 11.5. The molecule has 0 spiro atoms. The third-order valence-corrected chi connectivity index (χ3v) is 3.67. The van der Waals surface area contributed by atoms with Gasteiger partial charge in [-0.25, -0.2) is 0 Å². The number of nitrogens with one attached hydrogen (secondary N) is 2. The van der Waals surface area contributed by atoms with Gasteiger partial charge < -0.3 is 15.4 Å². The molecule has 0 heterocycles. The SMILES string of the molecule is CCCCOC1CC(NC(=O)CNC)C1(C)C. The highest BCUT2D eigenvalue weighted by atomic mass is 16.5. The van der Waals surface area contributed by atoms with Gasteiger partial charge in [-0.15, -0.1) is 0 Å².